The Balaban J connectivity index is 2.25. The summed E-state index contributed by atoms with van der Waals surface area (Å²) in [6.45, 7) is 2.61. The van der Waals surface area contributed by atoms with Gasteiger partial charge in [-0.05, 0) is 25.1 Å². The van der Waals surface area contributed by atoms with Crippen LogP contribution in [0.2, 0.25) is 0 Å². The molecule has 0 saturated carbocycles. The highest BCUT2D eigenvalue weighted by molar-refractivity contribution is 7.17. The second-order valence-corrected chi connectivity index (χ2v) is 5.55. The van der Waals surface area contributed by atoms with Gasteiger partial charge in [0.15, 0.2) is 0 Å². The molecule has 0 unspecified atom stereocenters. The van der Waals surface area contributed by atoms with E-state index < -0.39 is 0 Å². The number of aryl methyl sites for hydroxylation is 1. The number of nitrogens with zero attached hydrogens (tertiary/aromatic N) is 1. The van der Waals surface area contributed by atoms with Crippen LogP contribution in [0.4, 0.5) is 0 Å². The molecule has 2 aromatic heterocycles. The van der Waals surface area contributed by atoms with Crippen molar-refractivity contribution >= 4 is 21.6 Å². The Kier molecular flexibility index (Phi) is 3.38. The second kappa shape index (κ2) is 5.19. The smallest absolute Gasteiger partial charge is 0.260 e. The first-order valence-corrected chi connectivity index (χ1v) is 7.29. The van der Waals surface area contributed by atoms with Gasteiger partial charge < -0.3 is 10.3 Å². The first kappa shape index (κ1) is 13.0. The van der Waals surface area contributed by atoms with Crippen molar-refractivity contribution in [2.75, 3.05) is 7.05 Å². The van der Waals surface area contributed by atoms with Crippen molar-refractivity contribution in [2.45, 2.75) is 13.5 Å². The van der Waals surface area contributed by atoms with Crippen LogP contribution in [-0.2, 0) is 6.54 Å². The van der Waals surface area contributed by atoms with Gasteiger partial charge >= 0.3 is 0 Å². The van der Waals surface area contributed by atoms with Crippen LogP contribution in [-0.4, -0.2) is 17.0 Å². The summed E-state index contributed by atoms with van der Waals surface area (Å²) in [4.78, 5) is 20.5. The lowest BCUT2D eigenvalue weighted by Gasteiger charge is -2.04. The summed E-state index contributed by atoms with van der Waals surface area (Å²) < 4.78 is 0. The fourth-order valence-electron chi connectivity index (χ4n) is 2.32. The van der Waals surface area contributed by atoms with Gasteiger partial charge in [-0.2, -0.15) is 0 Å². The molecular weight excluding hydrogens is 270 g/mol. The Labute approximate surface area is 120 Å². The first-order valence-electron chi connectivity index (χ1n) is 6.41. The third kappa shape index (κ3) is 2.15. The average Bonchev–Trinajstić information content (AvgIpc) is 2.84. The summed E-state index contributed by atoms with van der Waals surface area (Å²) in [5.41, 5.74) is 3.14. The van der Waals surface area contributed by atoms with Crippen molar-refractivity contribution < 1.29 is 0 Å². The third-order valence-electron chi connectivity index (χ3n) is 3.27. The minimum absolute atomic E-state index is 0.0697. The van der Waals surface area contributed by atoms with Gasteiger partial charge in [0.05, 0.1) is 11.9 Å². The molecule has 0 aliphatic rings. The molecule has 4 nitrogen and oxygen atoms in total. The number of hydrogen-bond donors (Lipinski definition) is 2. The molecule has 0 spiro atoms. The molecule has 3 rings (SSSR count). The van der Waals surface area contributed by atoms with Gasteiger partial charge in [-0.25, -0.2) is 4.98 Å². The van der Waals surface area contributed by atoms with E-state index in [4.69, 9.17) is 0 Å². The van der Waals surface area contributed by atoms with Gasteiger partial charge in [-0.3, -0.25) is 4.79 Å². The monoisotopic (exact) mass is 285 g/mol. The Morgan fingerprint density at radius 3 is 2.85 bits per heavy atom. The lowest BCUT2D eigenvalue weighted by molar-refractivity contribution is 0.761. The zero-order chi connectivity index (χ0) is 14.1. The van der Waals surface area contributed by atoms with Crippen LogP contribution in [0, 0.1) is 6.92 Å². The fraction of sp³-hybridized carbons (Fsp3) is 0.200. The summed E-state index contributed by atoms with van der Waals surface area (Å²) in [5.74, 6) is 0.670. The van der Waals surface area contributed by atoms with E-state index in [0.717, 1.165) is 21.5 Å². The molecule has 2 heterocycles. The van der Waals surface area contributed by atoms with E-state index in [1.54, 1.807) is 0 Å². The molecule has 0 saturated heterocycles. The van der Waals surface area contributed by atoms with Gasteiger partial charge in [0.25, 0.3) is 5.56 Å². The Morgan fingerprint density at radius 1 is 1.30 bits per heavy atom. The first-order chi connectivity index (χ1) is 9.70. The number of benzene rings is 1. The fourth-order valence-corrected chi connectivity index (χ4v) is 3.28. The molecule has 0 aliphatic carbocycles. The SMILES string of the molecule is CNCc1nc2scc(-c3ccccc3C)c2c(=O)[nH]1. The van der Waals surface area contributed by atoms with E-state index in [1.165, 1.54) is 11.3 Å². The third-order valence-corrected chi connectivity index (χ3v) is 4.14. The average molecular weight is 285 g/mol. The number of H-pyrrole nitrogens is 1. The molecule has 0 amide bonds. The Hall–Kier alpha value is -1.98. The minimum atomic E-state index is -0.0697. The van der Waals surface area contributed by atoms with Crippen LogP contribution in [0.3, 0.4) is 0 Å². The van der Waals surface area contributed by atoms with Crippen LogP contribution in [0.15, 0.2) is 34.4 Å². The van der Waals surface area contributed by atoms with E-state index in [1.807, 2.05) is 30.6 Å². The quantitative estimate of drug-likeness (QED) is 0.778. The highest BCUT2D eigenvalue weighted by Gasteiger charge is 2.13. The molecule has 3 aromatic rings. The number of nitrogens with one attached hydrogen (secondary N) is 2. The molecule has 0 fully saturated rings. The van der Waals surface area contributed by atoms with Crippen molar-refractivity contribution in [1.82, 2.24) is 15.3 Å². The lowest BCUT2D eigenvalue weighted by atomic mass is 10.0. The van der Waals surface area contributed by atoms with Crippen molar-refractivity contribution in [3.63, 3.8) is 0 Å². The number of thiophene rings is 1. The molecule has 20 heavy (non-hydrogen) atoms. The van der Waals surface area contributed by atoms with Crippen LogP contribution in [0.25, 0.3) is 21.3 Å². The summed E-state index contributed by atoms with van der Waals surface area (Å²) >= 11 is 1.51. The van der Waals surface area contributed by atoms with Crippen LogP contribution < -0.4 is 10.9 Å². The molecule has 2 N–H and O–H groups in total. The summed E-state index contributed by atoms with van der Waals surface area (Å²) in [7, 11) is 1.83. The number of aromatic nitrogens is 2. The van der Waals surface area contributed by atoms with E-state index in [9.17, 15) is 4.79 Å². The van der Waals surface area contributed by atoms with E-state index in [2.05, 4.69) is 28.3 Å². The topological polar surface area (TPSA) is 57.8 Å². The van der Waals surface area contributed by atoms with Crippen molar-refractivity contribution in [3.8, 4) is 11.1 Å². The van der Waals surface area contributed by atoms with Crippen molar-refractivity contribution in [3.05, 3.63) is 51.4 Å². The molecular formula is C15H15N3OS. The molecule has 1 aromatic carbocycles. The summed E-state index contributed by atoms with van der Waals surface area (Å²) in [6.07, 6.45) is 0. The highest BCUT2D eigenvalue weighted by Crippen LogP contribution is 2.32. The second-order valence-electron chi connectivity index (χ2n) is 4.69. The highest BCUT2D eigenvalue weighted by atomic mass is 32.1. The van der Waals surface area contributed by atoms with Crippen LogP contribution >= 0.6 is 11.3 Å². The van der Waals surface area contributed by atoms with Crippen molar-refractivity contribution in [1.29, 1.82) is 0 Å². The lowest BCUT2D eigenvalue weighted by Crippen LogP contribution is -2.16. The van der Waals surface area contributed by atoms with Gasteiger partial charge in [0.1, 0.15) is 10.7 Å². The molecule has 5 heteroatoms. The van der Waals surface area contributed by atoms with Crippen LogP contribution in [0.1, 0.15) is 11.4 Å². The van der Waals surface area contributed by atoms with Gasteiger partial charge in [-0.1, -0.05) is 24.3 Å². The largest absolute Gasteiger partial charge is 0.313 e. The van der Waals surface area contributed by atoms with E-state index in [-0.39, 0.29) is 5.56 Å². The number of aromatic amines is 1. The maximum Gasteiger partial charge on any atom is 0.260 e. The molecule has 0 bridgehead atoms. The zero-order valence-corrected chi connectivity index (χ0v) is 12.2. The molecule has 102 valence electrons. The normalized spacial score (nSPS) is 11.1. The number of fused-ring (bicyclic) bond motifs is 1. The molecule has 0 atom stereocenters. The van der Waals surface area contributed by atoms with Gasteiger partial charge in [0.2, 0.25) is 0 Å². The maximum atomic E-state index is 12.3. The van der Waals surface area contributed by atoms with Gasteiger partial charge in [-0.15, -0.1) is 11.3 Å². The van der Waals surface area contributed by atoms with Gasteiger partial charge in [0, 0.05) is 10.9 Å². The zero-order valence-electron chi connectivity index (χ0n) is 11.4. The number of hydrogen-bond acceptors (Lipinski definition) is 4. The van der Waals surface area contributed by atoms with E-state index in [0.29, 0.717) is 17.8 Å². The predicted molar refractivity (Wildman–Crippen MR) is 83.2 cm³/mol. The Bertz CT molecular complexity index is 819. The van der Waals surface area contributed by atoms with E-state index >= 15 is 0 Å². The maximum absolute atomic E-state index is 12.3. The molecule has 0 aliphatic heterocycles. The minimum Gasteiger partial charge on any atom is -0.313 e. The number of rotatable bonds is 3. The summed E-state index contributed by atoms with van der Waals surface area (Å²) in [5, 5.41) is 5.69. The standard InChI is InChI=1S/C15H15N3OS/c1-9-5-3-4-6-10(9)11-8-20-15-13(11)14(19)17-12(18-15)7-16-2/h3-6,8,16H,7H2,1-2H3,(H,17,18,19). The summed E-state index contributed by atoms with van der Waals surface area (Å²) in [6, 6.07) is 8.08. The van der Waals surface area contributed by atoms with Crippen molar-refractivity contribution in [2.24, 2.45) is 0 Å². The van der Waals surface area contributed by atoms with Crippen LogP contribution in [0.5, 0.6) is 0 Å². The Morgan fingerprint density at radius 2 is 2.10 bits per heavy atom. The predicted octanol–water partition coefficient (Wildman–Crippen LogP) is 2.68. The molecule has 0 radical (unpaired) electrons.